The molecular weight excluding hydrogens is 338 g/mol. The molecule has 2 N–H and O–H groups in total. The molecule has 3 rings (SSSR count). The lowest BCUT2D eigenvalue weighted by atomic mass is 9.80. The number of carbonyl (C=O) groups excluding carboxylic acids is 1. The van der Waals surface area contributed by atoms with Gasteiger partial charge < -0.3 is 15.2 Å². The van der Waals surface area contributed by atoms with Crippen LogP contribution in [0.15, 0.2) is 10.6 Å². The van der Waals surface area contributed by atoms with Gasteiger partial charge in [-0.1, -0.05) is 37.3 Å². The van der Waals surface area contributed by atoms with Crippen molar-refractivity contribution in [2.24, 2.45) is 17.8 Å². The molecule has 1 aromatic rings. The second kappa shape index (κ2) is 9.22. The molecule has 1 aliphatic heterocycles. The smallest absolute Gasteiger partial charge is 0.220 e. The molecule has 1 amide bonds. The molecular formula is C22H37N3O2. The van der Waals surface area contributed by atoms with Gasteiger partial charge in [-0.15, -0.1) is 0 Å². The first-order valence-electron chi connectivity index (χ1n) is 10.9. The van der Waals surface area contributed by atoms with E-state index in [9.17, 15) is 4.79 Å². The van der Waals surface area contributed by atoms with Crippen molar-refractivity contribution in [3.8, 4) is 0 Å². The minimum Gasteiger partial charge on any atom is -0.361 e. The molecule has 1 aromatic heterocycles. The monoisotopic (exact) mass is 375 g/mol. The van der Waals surface area contributed by atoms with Gasteiger partial charge >= 0.3 is 0 Å². The Morgan fingerprint density at radius 3 is 2.70 bits per heavy atom. The predicted molar refractivity (Wildman–Crippen MR) is 107 cm³/mol. The van der Waals surface area contributed by atoms with Crippen LogP contribution >= 0.6 is 0 Å². The maximum atomic E-state index is 12.4. The highest BCUT2D eigenvalue weighted by Crippen LogP contribution is 2.29. The molecule has 0 bridgehead atoms. The molecule has 27 heavy (non-hydrogen) atoms. The molecule has 1 saturated carbocycles. The molecule has 2 fully saturated rings. The Morgan fingerprint density at radius 2 is 1.96 bits per heavy atom. The number of piperidine rings is 1. The highest BCUT2D eigenvalue weighted by atomic mass is 16.5. The molecule has 2 atom stereocenters. The first-order chi connectivity index (χ1) is 12.9. The van der Waals surface area contributed by atoms with Crippen molar-refractivity contribution < 1.29 is 9.32 Å². The summed E-state index contributed by atoms with van der Waals surface area (Å²) in [5.41, 5.74) is 0.885. The van der Waals surface area contributed by atoms with E-state index in [1.807, 2.05) is 20.8 Å². The molecule has 1 aliphatic carbocycles. The summed E-state index contributed by atoms with van der Waals surface area (Å²) in [7, 11) is 0. The fourth-order valence-corrected chi connectivity index (χ4v) is 4.68. The highest BCUT2D eigenvalue weighted by molar-refractivity contribution is 5.76. The summed E-state index contributed by atoms with van der Waals surface area (Å²) in [6, 6.07) is 2.16. The van der Waals surface area contributed by atoms with Gasteiger partial charge in [0, 0.05) is 24.4 Å². The average molecular weight is 376 g/mol. The lowest BCUT2D eigenvalue weighted by Crippen LogP contribution is -2.44. The van der Waals surface area contributed by atoms with Gasteiger partial charge in [-0.25, -0.2) is 0 Å². The van der Waals surface area contributed by atoms with E-state index in [0.717, 1.165) is 49.7 Å². The van der Waals surface area contributed by atoms with Gasteiger partial charge in [0.1, 0.15) is 5.76 Å². The number of amides is 1. The zero-order valence-electron chi connectivity index (χ0n) is 17.4. The van der Waals surface area contributed by atoms with E-state index in [0.29, 0.717) is 18.3 Å². The minimum atomic E-state index is -0.167. The van der Waals surface area contributed by atoms with Crippen LogP contribution in [0, 0.1) is 17.8 Å². The Hall–Kier alpha value is -1.36. The number of hydrogen-bond donors (Lipinski definition) is 2. The largest absolute Gasteiger partial charge is 0.361 e. The quantitative estimate of drug-likeness (QED) is 0.792. The summed E-state index contributed by atoms with van der Waals surface area (Å²) >= 11 is 0. The first-order valence-corrected chi connectivity index (χ1v) is 10.9. The predicted octanol–water partition coefficient (Wildman–Crippen LogP) is 3.87. The van der Waals surface area contributed by atoms with Crippen LogP contribution in [-0.4, -0.2) is 29.7 Å². The van der Waals surface area contributed by atoms with Crippen LogP contribution in [0.25, 0.3) is 0 Å². The summed E-state index contributed by atoms with van der Waals surface area (Å²) < 4.78 is 5.64. The zero-order chi connectivity index (χ0) is 19.3. The van der Waals surface area contributed by atoms with Crippen molar-refractivity contribution in [2.45, 2.75) is 84.1 Å². The van der Waals surface area contributed by atoms with Crippen LogP contribution in [0.5, 0.6) is 0 Å². The third-order valence-corrected chi connectivity index (χ3v) is 6.02. The zero-order valence-corrected chi connectivity index (χ0v) is 17.4. The molecule has 152 valence electrons. The van der Waals surface area contributed by atoms with Crippen LogP contribution in [0.2, 0.25) is 0 Å². The van der Waals surface area contributed by atoms with Gasteiger partial charge in [0.05, 0.1) is 5.69 Å². The van der Waals surface area contributed by atoms with Crippen molar-refractivity contribution in [3.05, 3.63) is 17.5 Å². The summed E-state index contributed by atoms with van der Waals surface area (Å²) in [5.74, 6) is 2.83. The van der Waals surface area contributed by atoms with E-state index in [1.54, 1.807) is 0 Å². The minimum absolute atomic E-state index is 0.164. The topological polar surface area (TPSA) is 67.2 Å². The van der Waals surface area contributed by atoms with E-state index < -0.39 is 0 Å². The molecule has 0 radical (unpaired) electrons. The number of rotatable bonds is 6. The Balaban J connectivity index is 1.53. The molecule has 2 heterocycles. The van der Waals surface area contributed by atoms with Gasteiger partial charge in [0.25, 0.3) is 0 Å². The second-order valence-electron chi connectivity index (χ2n) is 9.71. The van der Waals surface area contributed by atoms with E-state index in [4.69, 9.17) is 4.52 Å². The normalized spacial score (nSPS) is 24.7. The van der Waals surface area contributed by atoms with Crippen LogP contribution in [0.3, 0.4) is 0 Å². The Labute approximate surface area is 164 Å². The molecule has 5 heteroatoms. The third-order valence-electron chi connectivity index (χ3n) is 6.02. The van der Waals surface area contributed by atoms with Gasteiger partial charge in [0.15, 0.2) is 0 Å². The van der Waals surface area contributed by atoms with E-state index in [1.165, 1.54) is 32.1 Å². The lowest BCUT2D eigenvalue weighted by Gasteiger charge is -2.32. The summed E-state index contributed by atoms with van der Waals surface area (Å²) in [6.45, 7) is 8.06. The average Bonchev–Trinajstić information content (AvgIpc) is 3.03. The third kappa shape index (κ3) is 6.63. The van der Waals surface area contributed by atoms with Gasteiger partial charge in [0.2, 0.25) is 5.91 Å². The molecule has 2 unspecified atom stereocenters. The Bertz CT molecular complexity index is 599. The molecule has 0 aromatic carbocycles. The van der Waals surface area contributed by atoms with E-state index >= 15 is 0 Å². The fraction of sp³-hybridized carbons (Fsp3) is 0.818. The SMILES string of the molecule is CC(C)(C)NC(=O)CC1CCNCC1Cc1cc(CC2CCCCC2)on1. The van der Waals surface area contributed by atoms with Crippen molar-refractivity contribution in [3.63, 3.8) is 0 Å². The lowest BCUT2D eigenvalue weighted by molar-refractivity contribution is -0.124. The first kappa shape index (κ1) is 20.4. The standard InChI is InChI=1S/C22H37N3O2/c1-22(2,3)24-21(26)13-17-9-10-23-15-18(17)12-19-14-20(27-25-19)11-16-7-5-4-6-8-16/h14,16-18,23H,4-13,15H2,1-3H3,(H,24,26). The van der Waals surface area contributed by atoms with Crippen molar-refractivity contribution in [1.29, 1.82) is 0 Å². The van der Waals surface area contributed by atoms with Gasteiger partial charge in [-0.3, -0.25) is 4.79 Å². The summed E-state index contributed by atoms with van der Waals surface area (Å²) in [4.78, 5) is 12.4. The maximum Gasteiger partial charge on any atom is 0.220 e. The number of carbonyl (C=O) groups is 1. The molecule has 5 nitrogen and oxygen atoms in total. The number of nitrogens with one attached hydrogen (secondary N) is 2. The van der Waals surface area contributed by atoms with Crippen molar-refractivity contribution in [2.75, 3.05) is 13.1 Å². The van der Waals surface area contributed by atoms with Crippen LogP contribution < -0.4 is 10.6 Å². The molecule has 0 spiro atoms. The summed E-state index contributed by atoms with van der Waals surface area (Å²) in [5, 5.41) is 10.9. The van der Waals surface area contributed by atoms with Crippen LogP contribution in [0.1, 0.15) is 77.2 Å². The molecule has 1 saturated heterocycles. The fourth-order valence-electron chi connectivity index (χ4n) is 4.68. The number of nitrogens with zero attached hydrogens (tertiary/aromatic N) is 1. The number of aromatic nitrogens is 1. The van der Waals surface area contributed by atoms with Crippen molar-refractivity contribution in [1.82, 2.24) is 15.8 Å². The maximum absolute atomic E-state index is 12.4. The Morgan fingerprint density at radius 1 is 1.19 bits per heavy atom. The van der Waals surface area contributed by atoms with Crippen molar-refractivity contribution >= 4 is 5.91 Å². The van der Waals surface area contributed by atoms with Crippen LogP contribution in [0.4, 0.5) is 0 Å². The second-order valence-corrected chi connectivity index (χ2v) is 9.71. The highest BCUT2D eigenvalue weighted by Gasteiger charge is 2.29. The summed E-state index contributed by atoms with van der Waals surface area (Å²) in [6.07, 6.45) is 10.3. The molecule has 2 aliphatic rings. The van der Waals surface area contributed by atoms with Gasteiger partial charge in [-0.2, -0.15) is 0 Å². The van der Waals surface area contributed by atoms with E-state index in [2.05, 4.69) is 21.9 Å². The van der Waals surface area contributed by atoms with Crippen LogP contribution in [-0.2, 0) is 17.6 Å². The van der Waals surface area contributed by atoms with Gasteiger partial charge in [-0.05, 0) is 64.5 Å². The Kier molecular flexibility index (Phi) is 6.96. The van der Waals surface area contributed by atoms with E-state index in [-0.39, 0.29) is 11.4 Å². The number of hydrogen-bond acceptors (Lipinski definition) is 4.